The largest absolute Gasteiger partial charge is 0.481 e. The number of hydrogen-bond acceptors (Lipinski definition) is 2. The summed E-state index contributed by atoms with van der Waals surface area (Å²) in [6.07, 6.45) is 1.61. The molecule has 0 aliphatic carbocycles. The van der Waals surface area contributed by atoms with Gasteiger partial charge in [-0.05, 0) is 48.9 Å². The van der Waals surface area contributed by atoms with E-state index in [1.54, 1.807) is 0 Å². The molecule has 3 unspecified atom stereocenters. The quantitative estimate of drug-likeness (QED) is 0.669. The maximum absolute atomic E-state index is 11.0. The predicted molar refractivity (Wildman–Crippen MR) is 103 cm³/mol. The van der Waals surface area contributed by atoms with Crippen LogP contribution in [0, 0.1) is 0 Å². The van der Waals surface area contributed by atoms with Crippen molar-refractivity contribution >= 4 is 17.6 Å². The number of nitrogens with one attached hydrogen (secondary N) is 1. The molecule has 0 amide bonds. The van der Waals surface area contributed by atoms with Crippen molar-refractivity contribution in [1.82, 2.24) is 5.32 Å². The van der Waals surface area contributed by atoms with Gasteiger partial charge >= 0.3 is 5.97 Å². The maximum atomic E-state index is 11.0. The molecule has 0 fully saturated rings. The number of halogens is 1. The monoisotopic (exact) mass is 359 g/mol. The van der Waals surface area contributed by atoms with Gasteiger partial charge in [0, 0.05) is 23.5 Å². The van der Waals surface area contributed by atoms with E-state index < -0.39 is 5.97 Å². The summed E-state index contributed by atoms with van der Waals surface area (Å²) in [4.78, 5) is 11.0. The average molecular weight is 360 g/mol. The van der Waals surface area contributed by atoms with Crippen molar-refractivity contribution in [3.8, 4) is 0 Å². The van der Waals surface area contributed by atoms with Crippen LogP contribution >= 0.6 is 11.6 Å². The van der Waals surface area contributed by atoms with Crippen LogP contribution in [0.1, 0.15) is 43.7 Å². The molecule has 0 bridgehead atoms. The molecule has 0 radical (unpaired) electrons. The second-order valence-corrected chi connectivity index (χ2v) is 7.05. The number of hydrogen-bond donors (Lipinski definition) is 2. The first-order chi connectivity index (χ1) is 12.0. The number of carboxylic acids is 1. The summed E-state index contributed by atoms with van der Waals surface area (Å²) in [7, 11) is 0. The molecule has 2 N–H and O–H groups in total. The molecule has 25 heavy (non-hydrogen) atoms. The molecule has 0 aromatic heterocycles. The second kappa shape index (κ2) is 9.59. The lowest BCUT2D eigenvalue weighted by atomic mass is 9.92. The first-order valence-corrected chi connectivity index (χ1v) is 9.10. The van der Waals surface area contributed by atoms with E-state index in [1.165, 1.54) is 11.1 Å². The average Bonchev–Trinajstić information content (AvgIpc) is 2.60. The van der Waals surface area contributed by atoms with Crippen molar-refractivity contribution in [2.45, 2.75) is 51.1 Å². The molecule has 134 valence electrons. The van der Waals surface area contributed by atoms with E-state index in [9.17, 15) is 4.79 Å². The molecule has 3 atom stereocenters. The summed E-state index contributed by atoms with van der Waals surface area (Å²) in [6.45, 7) is 4.33. The van der Waals surface area contributed by atoms with E-state index in [2.05, 4.69) is 43.4 Å². The minimum absolute atomic E-state index is 0.128. The Morgan fingerprint density at radius 3 is 2.32 bits per heavy atom. The van der Waals surface area contributed by atoms with Crippen molar-refractivity contribution in [1.29, 1.82) is 0 Å². The van der Waals surface area contributed by atoms with Crippen molar-refractivity contribution in [3.63, 3.8) is 0 Å². The zero-order valence-electron chi connectivity index (χ0n) is 14.8. The minimum atomic E-state index is -0.752. The summed E-state index contributed by atoms with van der Waals surface area (Å²) < 4.78 is 0. The van der Waals surface area contributed by atoms with Crippen molar-refractivity contribution < 1.29 is 9.90 Å². The lowest BCUT2D eigenvalue weighted by Crippen LogP contribution is -2.41. The summed E-state index contributed by atoms with van der Waals surface area (Å²) >= 11 is 5.97. The van der Waals surface area contributed by atoms with Crippen LogP contribution in [0.4, 0.5) is 0 Å². The van der Waals surface area contributed by atoms with Crippen molar-refractivity contribution in [2.75, 3.05) is 0 Å². The van der Waals surface area contributed by atoms with Gasteiger partial charge in [-0.2, -0.15) is 0 Å². The Hall–Kier alpha value is -1.84. The molecule has 0 heterocycles. The number of rotatable bonds is 9. The Bertz CT molecular complexity index is 657. The Labute approximate surface area is 155 Å². The first-order valence-electron chi connectivity index (χ1n) is 8.73. The van der Waals surface area contributed by atoms with Crippen LogP contribution in [0.2, 0.25) is 5.02 Å². The van der Waals surface area contributed by atoms with Crippen LogP contribution in [0.25, 0.3) is 0 Å². The van der Waals surface area contributed by atoms with Gasteiger partial charge in [-0.1, -0.05) is 61.0 Å². The Balaban J connectivity index is 2.03. The fraction of sp³-hybridized carbons (Fsp3) is 0.381. The third kappa shape index (κ3) is 6.52. The first kappa shape index (κ1) is 19.5. The predicted octanol–water partition coefficient (Wildman–Crippen LogP) is 4.90. The molecule has 0 saturated carbocycles. The summed E-state index contributed by atoms with van der Waals surface area (Å²) in [5, 5.41) is 13.4. The normalized spacial score (nSPS) is 14.7. The number of carboxylic acid groups (broad SMARTS) is 1. The van der Waals surface area contributed by atoms with Crippen LogP contribution in [-0.2, 0) is 11.2 Å². The highest BCUT2D eigenvalue weighted by atomic mass is 35.5. The van der Waals surface area contributed by atoms with Gasteiger partial charge in [0.1, 0.15) is 0 Å². The maximum Gasteiger partial charge on any atom is 0.303 e. The lowest BCUT2D eigenvalue weighted by molar-refractivity contribution is -0.137. The molecular weight excluding hydrogens is 334 g/mol. The zero-order chi connectivity index (χ0) is 18.2. The van der Waals surface area contributed by atoms with E-state index in [4.69, 9.17) is 16.7 Å². The molecule has 0 aliphatic heterocycles. The molecule has 0 saturated heterocycles. The number of benzene rings is 2. The SMILES string of the molecule is CC(NC(CCC(=O)O)Cc1ccccc1)C(C)c1ccc(Cl)cc1. The van der Waals surface area contributed by atoms with Crippen LogP contribution in [0.5, 0.6) is 0 Å². The molecule has 0 spiro atoms. The van der Waals surface area contributed by atoms with E-state index in [-0.39, 0.29) is 18.5 Å². The van der Waals surface area contributed by atoms with Gasteiger partial charge in [-0.25, -0.2) is 0 Å². The Kier molecular flexibility index (Phi) is 7.48. The molecule has 2 rings (SSSR count). The summed E-state index contributed by atoms with van der Waals surface area (Å²) in [5.41, 5.74) is 2.44. The van der Waals surface area contributed by atoms with Gasteiger partial charge in [-0.3, -0.25) is 4.79 Å². The molecule has 0 aliphatic rings. The Morgan fingerprint density at radius 1 is 1.08 bits per heavy atom. The number of carbonyl (C=O) groups is 1. The molecule has 2 aromatic rings. The summed E-state index contributed by atoms with van der Waals surface area (Å²) in [6, 6.07) is 18.5. The van der Waals surface area contributed by atoms with E-state index in [0.717, 1.165) is 11.4 Å². The van der Waals surface area contributed by atoms with Crippen LogP contribution in [-0.4, -0.2) is 23.2 Å². The fourth-order valence-electron chi connectivity index (χ4n) is 3.01. The third-order valence-electron chi connectivity index (χ3n) is 4.68. The third-order valence-corrected chi connectivity index (χ3v) is 4.93. The van der Waals surface area contributed by atoms with Crippen molar-refractivity contribution in [2.24, 2.45) is 0 Å². The standard InChI is InChI=1S/C21H26ClNO2/c1-15(18-8-10-19(22)11-9-18)16(2)23-20(12-13-21(24)25)14-17-6-4-3-5-7-17/h3-11,15-16,20,23H,12-14H2,1-2H3,(H,24,25). The second-order valence-electron chi connectivity index (χ2n) is 6.61. The van der Waals surface area contributed by atoms with Crippen LogP contribution in [0.15, 0.2) is 54.6 Å². The van der Waals surface area contributed by atoms with Crippen molar-refractivity contribution in [3.05, 3.63) is 70.7 Å². The minimum Gasteiger partial charge on any atom is -0.481 e. The van der Waals surface area contributed by atoms with Gasteiger partial charge in [0.2, 0.25) is 0 Å². The smallest absolute Gasteiger partial charge is 0.303 e. The van der Waals surface area contributed by atoms with Gasteiger partial charge in [0.05, 0.1) is 0 Å². The highest BCUT2D eigenvalue weighted by Gasteiger charge is 2.19. The zero-order valence-corrected chi connectivity index (χ0v) is 15.5. The van der Waals surface area contributed by atoms with Gasteiger partial charge in [0.25, 0.3) is 0 Å². The van der Waals surface area contributed by atoms with E-state index in [0.29, 0.717) is 12.3 Å². The van der Waals surface area contributed by atoms with Gasteiger partial charge in [-0.15, -0.1) is 0 Å². The van der Waals surface area contributed by atoms with E-state index >= 15 is 0 Å². The highest BCUT2D eigenvalue weighted by Crippen LogP contribution is 2.22. The summed E-state index contributed by atoms with van der Waals surface area (Å²) in [5.74, 6) is -0.446. The molecule has 3 nitrogen and oxygen atoms in total. The van der Waals surface area contributed by atoms with Crippen LogP contribution < -0.4 is 5.32 Å². The topological polar surface area (TPSA) is 49.3 Å². The van der Waals surface area contributed by atoms with Gasteiger partial charge < -0.3 is 10.4 Å². The van der Waals surface area contributed by atoms with Gasteiger partial charge in [0.15, 0.2) is 0 Å². The molecule has 2 aromatic carbocycles. The molecule has 4 heteroatoms. The van der Waals surface area contributed by atoms with E-state index in [1.807, 2.05) is 30.3 Å². The lowest BCUT2D eigenvalue weighted by Gasteiger charge is -2.28. The highest BCUT2D eigenvalue weighted by molar-refractivity contribution is 6.30. The fourth-order valence-corrected chi connectivity index (χ4v) is 3.14. The Morgan fingerprint density at radius 2 is 1.72 bits per heavy atom. The van der Waals surface area contributed by atoms with Crippen LogP contribution in [0.3, 0.4) is 0 Å². The number of aliphatic carboxylic acids is 1. The molecular formula is C21H26ClNO2.